The first-order chi connectivity index (χ1) is 12.6. The summed E-state index contributed by atoms with van der Waals surface area (Å²) in [5, 5.41) is 6.42. The maximum atomic E-state index is 12.5. The van der Waals surface area contributed by atoms with Crippen LogP contribution in [0.1, 0.15) is 30.1 Å². The van der Waals surface area contributed by atoms with E-state index in [0.29, 0.717) is 16.1 Å². The van der Waals surface area contributed by atoms with Gasteiger partial charge in [0.1, 0.15) is 0 Å². The number of alkyl carbamates (subject to hydrolysis) is 1. The molecule has 0 bridgehead atoms. The molecule has 0 saturated heterocycles. The number of para-hydroxylation sites is 1. The summed E-state index contributed by atoms with van der Waals surface area (Å²) in [6.45, 7) is 1.85. The van der Waals surface area contributed by atoms with E-state index >= 15 is 0 Å². The Morgan fingerprint density at radius 2 is 2.04 bits per heavy atom. The lowest BCUT2D eigenvalue weighted by molar-refractivity contribution is -0.117. The van der Waals surface area contributed by atoms with E-state index in [2.05, 4.69) is 20.4 Å². The molecule has 1 fully saturated rings. The van der Waals surface area contributed by atoms with Crippen LogP contribution in [0.2, 0.25) is 0 Å². The molecule has 3 rings (SSSR count). The smallest absolute Gasteiger partial charge is 0.413 e. The number of aromatic nitrogens is 1. The zero-order valence-electron chi connectivity index (χ0n) is 14.3. The predicted molar refractivity (Wildman–Crippen MR) is 98.1 cm³/mol. The molecule has 0 radical (unpaired) electrons. The fourth-order valence-corrected chi connectivity index (χ4v) is 3.08. The van der Waals surface area contributed by atoms with E-state index in [-0.39, 0.29) is 24.3 Å². The van der Waals surface area contributed by atoms with Gasteiger partial charge in [-0.1, -0.05) is 30.0 Å². The van der Waals surface area contributed by atoms with Gasteiger partial charge in [-0.2, -0.15) is 0 Å². The van der Waals surface area contributed by atoms with Crippen LogP contribution >= 0.6 is 11.8 Å². The number of pyridine rings is 1. The second-order valence-corrected chi connectivity index (χ2v) is 6.83. The summed E-state index contributed by atoms with van der Waals surface area (Å²) in [6, 6.07) is 9.32. The van der Waals surface area contributed by atoms with Gasteiger partial charge in [-0.05, 0) is 31.9 Å². The summed E-state index contributed by atoms with van der Waals surface area (Å²) in [4.78, 5) is 40.1. The van der Waals surface area contributed by atoms with E-state index in [9.17, 15) is 14.4 Å². The van der Waals surface area contributed by atoms with Crippen molar-refractivity contribution in [3.63, 3.8) is 0 Å². The Hall–Kier alpha value is -2.61. The number of ether oxygens (including phenoxy) is 1. The van der Waals surface area contributed by atoms with E-state index in [1.807, 2.05) is 24.3 Å². The summed E-state index contributed by atoms with van der Waals surface area (Å²) in [6.07, 6.45) is 1.24. The second-order valence-electron chi connectivity index (χ2n) is 5.83. The van der Waals surface area contributed by atoms with E-state index in [4.69, 9.17) is 0 Å². The summed E-state index contributed by atoms with van der Waals surface area (Å²) in [5.41, 5.74) is 1.22. The van der Waals surface area contributed by atoms with Crippen LogP contribution in [0.5, 0.6) is 0 Å². The average Bonchev–Trinajstić information content (AvgIpc) is 3.43. The molecule has 7 nitrogen and oxygen atoms in total. The van der Waals surface area contributed by atoms with Crippen LogP contribution in [0.25, 0.3) is 10.9 Å². The largest absolute Gasteiger partial charge is 0.450 e. The molecule has 1 aliphatic rings. The molecule has 3 amide bonds. The molecule has 0 unspecified atom stereocenters. The van der Waals surface area contributed by atoms with Crippen LogP contribution in [-0.2, 0) is 9.53 Å². The molecule has 2 aromatic rings. The van der Waals surface area contributed by atoms with Gasteiger partial charge in [0, 0.05) is 11.4 Å². The lowest BCUT2D eigenvalue weighted by Gasteiger charge is -2.10. The first kappa shape index (κ1) is 18.2. The lowest BCUT2D eigenvalue weighted by atomic mass is 10.1. The Morgan fingerprint density at radius 1 is 1.27 bits per heavy atom. The number of nitrogens with zero attached hydrogens (tertiary/aromatic N) is 1. The fourth-order valence-electron chi connectivity index (χ4n) is 2.36. The number of hydrogen-bond donors (Lipinski definition) is 2. The molecular formula is C18H19N3O4S. The molecule has 1 aromatic carbocycles. The van der Waals surface area contributed by atoms with Crippen molar-refractivity contribution in [1.29, 1.82) is 0 Å². The quantitative estimate of drug-likeness (QED) is 0.755. The molecule has 1 saturated carbocycles. The van der Waals surface area contributed by atoms with Crippen LogP contribution < -0.4 is 10.6 Å². The maximum Gasteiger partial charge on any atom is 0.413 e. The minimum Gasteiger partial charge on any atom is -0.450 e. The first-order valence-electron chi connectivity index (χ1n) is 8.37. The number of amides is 3. The monoisotopic (exact) mass is 373 g/mol. The summed E-state index contributed by atoms with van der Waals surface area (Å²) < 4.78 is 4.67. The highest BCUT2D eigenvalue weighted by atomic mass is 32.2. The zero-order chi connectivity index (χ0) is 18.5. The van der Waals surface area contributed by atoms with Crippen molar-refractivity contribution in [3.05, 3.63) is 35.9 Å². The first-order valence-corrected chi connectivity index (χ1v) is 9.35. The van der Waals surface area contributed by atoms with Crippen molar-refractivity contribution < 1.29 is 19.1 Å². The minimum absolute atomic E-state index is 0.00611. The van der Waals surface area contributed by atoms with Crippen LogP contribution in [0.3, 0.4) is 0 Å². The SMILES string of the molecule is CCOC(=O)NC(=O)CSc1cc(C(=O)NC2CC2)c2ccccc2n1. The van der Waals surface area contributed by atoms with Crippen molar-refractivity contribution in [3.8, 4) is 0 Å². The summed E-state index contributed by atoms with van der Waals surface area (Å²) in [5.74, 6) is -0.621. The Kier molecular flexibility index (Phi) is 5.72. The molecule has 26 heavy (non-hydrogen) atoms. The third-order valence-electron chi connectivity index (χ3n) is 3.72. The van der Waals surface area contributed by atoms with Crippen molar-refractivity contribution >= 4 is 40.6 Å². The van der Waals surface area contributed by atoms with Gasteiger partial charge >= 0.3 is 6.09 Å². The Bertz CT molecular complexity index is 851. The zero-order valence-corrected chi connectivity index (χ0v) is 15.1. The lowest BCUT2D eigenvalue weighted by Crippen LogP contribution is -2.32. The normalized spacial score (nSPS) is 13.3. The predicted octanol–water partition coefficient (Wildman–Crippen LogP) is 2.49. The van der Waals surface area contributed by atoms with Gasteiger partial charge in [-0.3, -0.25) is 14.9 Å². The number of benzene rings is 1. The van der Waals surface area contributed by atoms with E-state index < -0.39 is 12.0 Å². The van der Waals surface area contributed by atoms with Gasteiger partial charge in [-0.25, -0.2) is 9.78 Å². The van der Waals surface area contributed by atoms with Gasteiger partial charge in [0.15, 0.2) is 0 Å². The topological polar surface area (TPSA) is 97.4 Å². The molecule has 0 atom stereocenters. The Balaban J connectivity index is 1.74. The van der Waals surface area contributed by atoms with Crippen molar-refractivity contribution in [2.75, 3.05) is 12.4 Å². The van der Waals surface area contributed by atoms with E-state index in [1.54, 1.807) is 13.0 Å². The van der Waals surface area contributed by atoms with Crippen molar-refractivity contribution in [1.82, 2.24) is 15.6 Å². The molecule has 0 aliphatic heterocycles. The highest BCUT2D eigenvalue weighted by molar-refractivity contribution is 7.99. The van der Waals surface area contributed by atoms with Crippen molar-refractivity contribution in [2.45, 2.75) is 30.8 Å². The van der Waals surface area contributed by atoms with Crippen LogP contribution in [-0.4, -0.2) is 41.3 Å². The molecule has 1 aromatic heterocycles. The summed E-state index contributed by atoms with van der Waals surface area (Å²) in [7, 11) is 0. The number of thioether (sulfide) groups is 1. The van der Waals surface area contributed by atoms with Crippen molar-refractivity contribution in [2.24, 2.45) is 0 Å². The fraction of sp³-hybridized carbons (Fsp3) is 0.333. The Labute approximate surface area is 154 Å². The average molecular weight is 373 g/mol. The van der Waals surface area contributed by atoms with Gasteiger partial charge < -0.3 is 10.1 Å². The number of hydrogen-bond acceptors (Lipinski definition) is 6. The molecule has 1 aliphatic carbocycles. The summed E-state index contributed by atoms with van der Waals surface area (Å²) >= 11 is 1.16. The molecule has 2 N–H and O–H groups in total. The Morgan fingerprint density at radius 3 is 2.77 bits per heavy atom. The standard InChI is InChI=1S/C18H19N3O4S/c1-2-25-18(24)21-15(22)10-26-16-9-13(17(23)19-11-7-8-11)12-5-3-4-6-14(12)20-16/h3-6,9,11H,2,7-8,10H2,1H3,(H,19,23)(H,21,22,24). The van der Waals surface area contributed by atoms with Gasteiger partial charge in [0.05, 0.1) is 28.5 Å². The maximum absolute atomic E-state index is 12.5. The minimum atomic E-state index is -0.769. The van der Waals surface area contributed by atoms with Gasteiger partial charge in [0.25, 0.3) is 5.91 Å². The van der Waals surface area contributed by atoms with Crippen LogP contribution in [0.4, 0.5) is 4.79 Å². The van der Waals surface area contributed by atoms with Crippen LogP contribution in [0.15, 0.2) is 35.4 Å². The third kappa shape index (κ3) is 4.72. The van der Waals surface area contributed by atoms with Crippen LogP contribution in [0, 0.1) is 0 Å². The molecule has 136 valence electrons. The van der Waals surface area contributed by atoms with E-state index in [1.165, 1.54) is 0 Å². The number of carbonyl (C=O) groups excluding carboxylic acids is 3. The number of fused-ring (bicyclic) bond motifs is 1. The number of nitrogens with one attached hydrogen (secondary N) is 2. The highest BCUT2D eigenvalue weighted by Gasteiger charge is 2.25. The molecule has 8 heteroatoms. The molecule has 0 spiro atoms. The van der Waals surface area contributed by atoms with E-state index in [0.717, 1.165) is 30.0 Å². The number of carbonyl (C=O) groups is 3. The highest BCUT2D eigenvalue weighted by Crippen LogP contribution is 2.26. The van der Waals surface area contributed by atoms with Gasteiger partial charge in [0.2, 0.25) is 5.91 Å². The molecular weight excluding hydrogens is 354 g/mol. The number of imide groups is 1. The third-order valence-corrected chi connectivity index (χ3v) is 4.63. The molecule has 1 heterocycles. The van der Waals surface area contributed by atoms with Gasteiger partial charge in [-0.15, -0.1) is 0 Å². The number of rotatable bonds is 6. The second kappa shape index (κ2) is 8.18.